The Morgan fingerprint density at radius 1 is 1.23 bits per heavy atom. The van der Waals surface area contributed by atoms with E-state index in [9.17, 15) is 19.7 Å². The highest BCUT2D eigenvalue weighted by Gasteiger charge is 2.17. The third-order valence-electron chi connectivity index (χ3n) is 5.08. The second-order valence-electron chi connectivity index (χ2n) is 7.34. The van der Waals surface area contributed by atoms with Crippen LogP contribution < -0.4 is 5.56 Å². The van der Waals surface area contributed by atoms with E-state index in [0.717, 1.165) is 18.4 Å². The zero-order valence-electron chi connectivity index (χ0n) is 17.6. The Bertz CT molecular complexity index is 1160. The van der Waals surface area contributed by atoms with Gasteiger partial charge in [-0.05, 0) is 31.0 Å². The van der Waals surface area contributed by atoms with Crippen molar-refractivity contribution in [3.63, 3.8) is 0 Å². The number of hydrogen-bond acceptors (Lipinski definition) is 6. The summed E-state index contributed by atoms with van der Waals surface area (Å²) in [6.45, 7) is 4.32. The summed E-state index contributed by atoms with van der Waals surface area (Å²) in [6, 6.07) is 13.4. The van der Waals surface area contributed by atoms with Crippen LogP contribution in [0.4, 0.5) is 5.69 Å². The SMILES string of the molecule is CCCCn1c(=O)c(CCC(=O)O[C@@H](C)c2cccc([N+](=O)[O-])c2)nc2ccccc21. The molecule has 162 valence electrons. The van der Waals surface area contributed by atoms with Crippen LogP contribution >= 0.6 is 0 Å². The van der Waals surface area contributed by atoms with Gasteiger partial charge in [-0.1, -0.05) is 37.6 Å². The molecule has 0 bridgehead atoms. The van der Waals surface area contributed by atoms with Gasteiger partial charge in [0.05, 0.1) is 22.4 Å². The molecule has 0 N–H and O–H groups in total. The number of carbonyl (C=O) groups is 1. The standard InChI is InChI=1S/C23H25N3O5/c1-3-4-14-25-21-11-6-5-10-19(21)24-20(23(25)28)12-13-22(27)31-16(2)17-8-7-9-18(15-17)26(29)30/h5-11,15-16H,3-4,12-14H2,1-2H3/t16-/m0/s1. The van der Waals surface area contributed by atoms with Gasteiger partial charge in [-0.2, -0.15) is 0 Å². The lowest BCUT2D eigenvalue weighted by Crippen LogP contribution is -2.26. The van der Waals surface area contributed by atoms with Gasteiger partial charge in [-0.3, -0.25) is 19.7 Å². The highest BCUT2D eigenvalue weighted by Crippen LogP contribution is 2.22. The molecule has 0 aliphatic carbocycles. The third kappa shape index (κ3) is 5.33. The Labute approximate surface area is 179 Å². The van der Waals surface area contributed by atoms with E-state index in [-0.39, 0.29) is 24.1 Å². The lowest BCUT2D eigenvalue weighted by atomic mass is 10.1. The monoisotopic (exact) mass is 423 g/mol. The summed E-state index contributed by atoms with van der Waals surface area (Å²) in [5, 5.41) is 10.9. The number of aromatic nitrogens is 2. The number of rotatable bonds is 9. The summed E-state index contributed by atoms with van der Waals surface area (Å²) >= 11 is 0. The number of nitrogens with zero attached hydrogens (tertiary/aromatic N) is 3. The van der Waals surface area contributed by atoms with Gasteiger partial charge in [-0.15, -0.1) is 0 Å². The maximum Gasteiger partial charge on any atom is 0.306 e. The van der Waals surface area contributed by atoms with Crippen LogP contribution in [0.25, 0.3) is 11.0 Å². The molecule has 1 aromatic heterocycles. The first kappa shape index (κ1) is 22.1. The molecule has 8 nitrogen and oxygen atoms in total. The van der Waals surface area contributed by atoms with Gasteiger partial charge < -0.3 is 9.30 Å². The van der Waals surface area contributed by atoms with E-state index >= 15 is 0 Å². The smallest absolute Gasteiger partial charge is 0.306 e. The van der Waals surface area contributed by atoms with E-state index in [0.29, 0.717) is 23.3 Å². The molecule has 3 rings (SSSR count). The van der Waals surface area contributed by atoms with Crippen molar-refractivity contribution in [1.29, 1.82) is 0 Å². The number of benzene rings is 2. The lowest BCUT2D eigenvalue weighted by Gasteiger charge is -2.14. The van der Waals surface area contributed by atoms with Gasteiger partial charge in [0.15, 0.2) is 0 Å². The average molecular weight is 423 g/mol. The van der Waals surface area contributed by atoms with E-state index < -0.39 is 17.0 Å². The topological polar surface area (TPSA) is 104 Å². The molecule has 1 heterocycles. The van der Waals surface area contributed by atoms with E-state index in [1.54, 1.807) is 23.6 Å². The van der Waals surface area contributed by atoms with Crippen molar-refractivity contribution in [2.24, 2.45) is 0 Å². The van der Waals surface area contributed by atoms with Crippen molar-refractivity contribution in [2.75, 3.05) is 0 Å². The normalized spacial score (nSPS) is 11.9. The predicted octanol–water partition coefficient (Wildman–Crippen LogP) is 4.34. The van der Waals surface area contributed by atoms with Crippen LogP contribution in [0.5, 0.6) is 0 Å². The number of aryl methyl sites for hydroxylation is 2. The molecule has 0 saturated carbocycles. The van der Waals surface area contributed by atoms with Gasteiger partial charge in [0.2, 0.25) is 0 Å². The minimum atomic E-state index is -0.641. The molecule has 3 aromatic rings. The fourth-order valence-corrected chi connectivity index (χ4v) is 3.38. The highest BCUT2D eigenvalue weighted by molar-refractivity contribution is 5.75. The fourth-order valence-electron chi connectivity index (χ4n) is 3.38. The van der Waals surface area contributed by atoms with Gasteiger partial charge in [0.25, 0.3) is 11.2 Å². The van der Waals surface area contributed by atoms with Crippen LogP contribution in [0.2, 0.25) is 0 Å². The second-order valence-corrected chi connectivity index (χ2v) is 7.34. The predicted molar refractivity (Wildman–Crippen MR) is 117 cm³/mol. The molecule has 0 fully saturated rings. The van der Waals surface area contributed by atoms with E-state index in [1.165, 1.54) is 12.1 Å². The molecule has 0 aliphatic heterocycles. The highest BCUT2D eigenvalue weighted by atomic mass is 16.6. The molecule has 1 atom stereocenters. The molecule has 31 heavy (non-hydrogen) atoms. The summed E-state index contributed by atoms with van der Waals surface area (Å²) < 4.78 is 7.14. The summed E-state index contributed by atoms with van der Waals surface area (Å²) in [7, 11) is 0. The van der Waals surface area contributed by atoms with Crippen LogP contribution in [0.15, 0.2) is 53.3 Å². The van der Waals surface area contributed by atoms with Crippen molar-refractivity contribution >= 4 is 22.7 Å². The van der Waals surface area contributed by atoms with Crippen molar-refractivity contribution < 1.29 is 14.5 Å². The summed E-state index contributed by atoms with van der Waals surface area (Å²) in [4.78, 5) is 40.2. The number of carbonyl (C=O) groups excluding carboxylic acids is 1. The molecule has 8 heteroatoms. The zero-order chi connectivity index (χ0) is 22.4. The zero-order valence-corrected chi connectivity index (χ0v) is 17.6. The number of nitro groups is 1. The first-order valence-electron chi connectivity index (χ1n) is 10.3. The van der Waals surface area contributed by atoms with Crippen molar-refractivity contribution in [1.82, 2.24) is 9.55 Å². The van der Waals surface area contributed by atoms with Crippen LogP contribution in [-0.2, 0) is 22.5 Å². The first-order chi connectivity index (χ1) is 14.9. The number of para-hydroxylation sites is 2. The van der Waals surface area contributed by atoms with Gasteiger partial charge >= 0.3 is 5.97 Å². The minimum absolute atomic E-state index is 0.00632. The maximum atomic E-state index is 12.9. The largest absolute Gasteiger partial charge is 0.458 e. The summed E-state index contributed by atoms with van der Waals surface area (Å²) in [5.74, 6) is -0.492. The Morgan fingerprint density at radius 3 is 2.74 bits per heavy atom. The molecular weight excluding hydrogens is 398 g/mol. The molecule has 0 aliphatic rings. The second kappa shape index (κ2) is 9.97. The van der Waals surface area contributed by atoms with Gasteiger partial charge in [0, 0.05) is 25.1 Å². The Morgan fingerprint density at radius 2 is 2.00 bits per heavy atom. The molecule has 0 unspecified atom stereocenters. The number of non-ortho nitro benzene ring substituents is 1. The minimum Gasteiger partial charge on any atom is -0.458 e. The van der Waals surface area contributed by atoms with Crippen LogP contribution in [0, 0.1) is 10.1 Å². The Kier molecular flexibility index (Phi) is 7.12. The van der Waals surface area contributed by atoms with E-state index in [4.69, 9.17) is 4.74 Å². The number of fused-ring (bicyclic) bond motifs is 1. The fraction of sp³-hybridized carbons (Fsp3) is 0.348. The van der Waals surface area contributed by atoms with Crippen LogP contribution in [0.1, 0.15) is 50.5 Å². The molecule has 0 saturated heterocycles. The first-order valence-corrected chi connectivity index (χ1v) is 10.3. The van der Waals surface area contributed by atoms with Crippen molar-refractivity contribution in [3.8, 4) is 0 Å². The van der Waals surface area contributed by atoms with Crippen LogP contribution in [-0.4, -0.2) is 20.4 Å². The number of unbranched alkanes of at least 4 members (excludes halogenated alkanes) is 1. The molecule has 0 amide bonds. The van der Waals surface area contributed by atoms with E-state index in [2.05, 4.69) is 11.9 Å². The Hall–Kier alpha value is -3.55. The van der Waals surface area contributed by atoms with E-state index in [1.807, 2.05) is 24.3 Å². The third-order valence-corrected chi connectivity index (χ3v) is 5.08. The molecule has 0 radical (unpaired) electrons. The molecule has 2 aromatic carbocycles. The number of nitro benzene ring substituents is 1. The van der Waals surface area contributed by atoms with Crippen molar-refractivity contribution in [3.05, 3.63) is 80.3 Å². The van der Waals surface area contributed by atoms with Crippen molar-refractivity contribution in [2.45, 2.75) is 52.2 Å². The lowest BCUT2D eigenvalue weighted by molar-refractivity contribution is -0.385. The molecule has 0 spiro atoms. The summed E-state index contributed by atoms with van der Waals surface area (Å²) in [5.41, 5.74) is 2.11. The maximum absolute atomic E-state index is 12.9. The number of esters is 1. The Balaban J connectivity index is 1.72. The average Bonchev–Trinajstić information content (AvgIpc) is 2.77. The van der Waals surface area contributed by atoms with Gasteiger partial charge in [-0.25, -0.2) is 4.98 Å². The molecular formula is C23H25N3O5. The van der Waals surface area contributed by atoms with Gasteiger partial charge in [0.1, 0.15) is 11.8 Å². The number of hydrogen-bond donors (Lipinski definition) is 0. The quantitative estimate of drug-likeness (QED) is 0.288. The number of ether oxygens (including phenoxy) is 1. The van der Waals surface area contributed by atoms with Crippen LogP contribution in [0.3, 0.4) is 0 Å². The summed E-state index contributed by atoms with van der Waals surface area (Å²) in [6.07, 6.45) is 1.35.